The summed E-state index contributed by atoms with van der Waals surface area (Å²) in [6.07, 6.45) is 41.1. The summed E-state index contributed by atoms with van der Waals surface area (Å²) in [5, 5.41) is 87.5. The molecule has 0 spiro atoms. The van der Waals surface area contributed by atoms with E-state index in [0.717, 1.165) is 51.4 Å². The zero-order chi connectivity index (χ0) is 56.7. The Balaban J connectivity index is 1.68. The van der Waals surface area contributed by atoms with Crippen molar-refractivity contribution in [3.8, 4) is 0 Å². The van der Waals surface area contributed by atoms with E-state index in [1.54, 1.807) is 0 Å². The molecule has 12 unspecified atom stereocenters. The molecule has 14 nitrogen and oxygen atoms in total. The van der Waals surface area contributed by atoms with Crippen molar-refractivity contribution in [2.24, 2.45) is 0 Å². The highest BCUT2D eigenvalue weighted by Gasteiger charge is 2.51. The largest absolute Gasteiger partial charge is 0.394 e. The van der Waals surface area contributed by atoms with Crippen molar-refractivity contribution < 1.29 is 64.6 Å². The number of rotatable bonds is 55. The molecule has 12 atom stereocenters. The maximum Gasteiger partial charge on any atom is 0.220 e. The lowest BCUT2D eigenvalue weighted by molar-refractivity contribution is -0.359. The molecule has 0 saturated carbocycles. The summed E-state index contributed by atoms with van der Waals surface area (Å²) in [5.74, 6) is -0.198. The molecule has 0 aromatic carbocycles. The molecule has 0 aliphatic carbocycles. The van der Waals surface area contributed by atoms with Crippen LogP contribution in [-0.4, -0.2) is 140 Å². The van der Waals surface area contributed by atoms with Gasteiger partial charge in [0.2, 0.25) is 5.91 Å². The van der Waals surface area contributed by atoms with Crippen LogP contribution >= 0.6 is 0 Å². The molecule has 2 rings (SSSR count). The van der Waals surface area contributed by atoms with Gasteiger partial charge in [-0.3, -0.25) is 4.79 Å². The highest BCUT2D eigenvalue weighted by atomic mass is 16.7. The quantitative estimate of drug-likeness (QED) is 0.0259. The van der Waals surface area contributed by atoms with E-state index in [1.165, 1.54) is 231 Å². The number of amides is 1. The maximum atomic E-state index is 13.3. The normalized spacial score (nSPS) is 24.4. The first-order valence-corrected chi connectivity index (χ1v) is 33.3. The van der Waals surface area contributed by atoms with Gasteiger partial charge in [0.05, 0.1) is 32.0 Å². The number of carbonyl (C=O) groups is 1. The van der Waals surface area contributed by atoms with Gasteiger partial charge in [0, 0.05) is 6.42 Å². The van der Waals surface area contributed by atoms with Gasteiger partial charge in [-0.25, -0.2) is 0 Å². The van der Waals surface area contributed by atoms with E-state index in [1.807, 2.05) is 0 Å². The van der Waals surface area contributed by atoms with E-state index >= 15 is 0 Å². The molecule has 14 heteroatoms. The minimum atomic E-state index is -1.78. The Morgan fingerprint density at radius 2 is 0.731 bits per heavy atom. The van der Waals surface area contributed by atoms with Gasteiger partial charge < -0.3 is 65.1 Å². The third kappa shape index (κ3) is 35.2. The summed E-state index contributed by atoms with van der Waals surface area (Å²) in [5.41, 5.74) is 0. The lowest BCUT2D eigenvalue weighted by Crippen LogP contribution is -2.65. The van der Waals surface area contributed by atoms with E-state index in [2.05, 4.69) is 19.2 Å². The highest BCUT2D eigenvalue weighted by molar-refractivity contribution is 5.76. The Kier molecular flexibility index (Phi) is 47.3. The number of aliphatic hydroxyl groups is 8. The second-order valence-electron chi connectivity index (χ2n) is 24.0. The van der Waals surface area contributed by atoms with Crippen LogP contribution in [-0.2, 0) is 23.7 Å². The Morgan fingerprint density at radius 3 is 1.09 bits per heavy atom. The number of carbonyl (C=O) groups excluding carboxylic acids is 1. The van der Waals surface area contributed by atoms with Crippen LogP contribution in [0.15, 0.2) is 0 Å². The van der Waals surface area contributed by atoms with Crippen molar-refractivity contribution in [3.63, 3.8) is 0 Å². The third-order valence-corrected chi connectivity index (χ3v) is 16.8. The van der Waals surface area contributed by atoms with Crippen LogP contribution in [0.4, 0.5) is 0 Å². The average Bonchev–Trinajstić information content (AvgIpc) is 3.44. The van der Waals surface area contributed by atoms with E-state index < -0.39 is 86.8 Å². The molecule has 2 aliphatic heterocycles. The number of ether oxygens (including phenoxy) is 4. The third-order valence-electron chi connectivity index (χ3n) is 16.8. The molecule has 2 aliphatic rings. The molecule has 0 radical (unpaired) electrons. The van der Waals surface area contributed by atoms with Gasteiger partial charge in [-0.2, -0.15) is 0 Å². The highest BCUT2D eigenvalue weighted by Crippen LogP contribution is 2.30. The van der Waals surface area contributed by atoms with Crippen LogP contribution in [0, 0.1) is 0 Å². The van der Waals surface area contributed by atoms with E-state index in [0.29, 0.717) is 12.8 Å². The minimum absolute atomic E-state index is 0.198. The van der Waals surface area contributed by atoms with Gasteiger partial charge in [0.15, 0.2) is 12.6 Å². The molecule has 2 heterocycles. The molecule has 2 saturated heterocycles. The Morgan fingerprint density at radius 1 is 0.410 bits per heavy atom. The number of hydrogen-bond acceptors (Lipinski definition) is 13. The van der Waals surface area contributed by atoms with Crippen molar-refractivity contribution in [2.45, 2.75) is 383 Å². The lowest BCUT2D eigenvalue weighted by atomic mass is 9.97. The Labute approximate surface area is 476 Å². The predicted molar refractivity (Wildman–Crippen MR) is 314 cm³/mol. The Hall–Kier alpha value is -1.01. The van der Waals surface area contributed by atoms with Gasteiger partial charge in [0.25, 0.3) is 0 Å². The molecule has 1 amide bonds. The van der Waals surface area contributed by atoms with Crippen molar-refractivity contribution in [3.05, 3.63) is 0 Å². The number of nitrogens with one attached hydrogen (secondary N) is 1. The molecule has 78 heavy (non-hydrogen) atoms. The first kappa shape index (κ1) is 73.1. The zero-order valence-corrected chi connectivity index (χ0v) is 50.2. The van der Waals surface area contributed by atoms with Crippen molar-refractivity contribution in [1.82, 2.24) is 5.32 Å². The number of hydrogen-bond donors (Lipinski definition) is 9. The van der Waals surface area contributed by atoms with Crippen molar-refractivity contribution >= 4 is 5.91 Å². The first-order chi connectivity index (χ1) is 38.1. The van der Waals surface area contributed by atoms with Crippen LogP contribution in [0.2, 0.25) is 0 Å². The Bertz CT molecular complexity index is 1310. The molecule has 9 N–H and O–H groups in total. The van der Waals surface area contributed by atoms with E-state index in [9.17, 15) is 45.6 Å². The van der Waals surface area contributed by atoms with Crippen LogP contribution in [0.25, 0.3) is 0 Å². The molecule has 0 aromatic rings. The maximum absolute atomic E-state index is 13.3. The summed E-state index contributed by atoms with van der Waals surface area (Å²) < 4.78 is 22.9. The van der Waals surface area contributed by atoms with Gasteiger partial charge in [-0.15, -0.1) is 0 Å². The predicted octanol–water partition coefficient (Wildman–Crippen LogP) is 12.5. The first-order valence-electron chi connectivity index (χ1n) is 33.3. The second-order valence-corrected chi connectivity index (χ2v) is 24.0. The van der Waals surface area contributed by atoms with Gasteiger partial charge in [-0.1, -0.05) is 290 Å². The fourth-order valence-electron chi connectivity index (χ4n) is 11.5. The van der Waals surface area contributed by atoms with Crippen LogP contribution < -0.4 is 5.32 Å². The molecule has 0 bridgehead atoms. The number of aliphatic hydroxyl groups excluding tert-OH is 8. The van der Waals surface area contributed by atoms with Gasteiger partial charge in [0.1, 0.15) is 48.8 Å². The van der Waals surface area contributed by atoms with Crippen molar-refractivity contribution in [1.29, 1.82) is 0 Å². The fraction of sp³-hybridized carbons (Fsp3) is 0.984. The van der Waals surface area contributed by atoms with Crippen LogP contribution in [0.5, 0.6) is 0 Å². The SMILES string of the molecule is CCCCCCCCCCCCCCCCCCCCCCCCCCCCC(=O)NC(COC1OC(CO)C(OC2OC(CO)C(O)C(O)C2O)C(O)C1O)C(O)CCCCCCCCCCCCCCCCCCCC. The number of unbranched alkanes of at least 4 members (excludes halogenated alkanes) is 42. The minimum Gasteiger partial charge on any atom is -0.394 e. The molecular weight excluding hydrogens is 991 g/mol. The lowest BCUT2D eigenvalue weighted by Gasteiger charge is -2.46. The second kappa shape index (κ2) is 50.5. The van der Waals surface area contributed by atoms with Crippen molar-refractivity contribution in [2.75, 3.05) is 19.8 Å². The van der Waals surface area contributed by atoms with Gasteiger partial charge >= 0.3 is 0 Å². The summed E-state index contributed by atoms with van der Waals surface area (Å²) in [6.45, 7) is 2.92. The summed E-state index contributed by atoms with van der Waals surface area (Å²) in [4.78, 5) is 13.3. The fourth-order valence-corrected chi connectivity index (χ4v) is 11.5. The summed E-state index contributed by atoms with van der Waals surface area (Å²) in [7, 11) is 0. The standard InChI is InChI=1S/C64H125NO13/c1-3-5-7-9-11-13-15-17-19-21-23-24-25-26-27-28-29-30-32-34-36-38-40-42-44-46-48-56(69)65-52(53(68)47-45-43-41-39-37-35-33-31-22-20-18-16-14-12-10-8-6-4-2)51-75-63-61(74)59(72)62(55(50-67)77-63)78-64-60(73)58(71)57(70)54(49-66)76-64/h52-55,57-64,66-68,70-74H,3-51H2,1-2H3,(H,65,69). The molecule has 2 fully saturated rings. The monoisotopic (exact) mass is 1120 g/mol. The molecular formula is C64H125NO13. The average molecular weight is 1120 g/mol. The zero-order valence-electron chi connectivity index (χ0n) is 50.2. The summed E-state index contributed by atoms with van der Waals surface area (Å²) in [6, 6.07) is -0.823. The van der Waals surface area contributed by atoms with E-state index in [-0.39, 0.29) is 12.5 Å². The smallest absolute Gasteiger partial charge is 0.220 e. The van der Waals surface area contributed by atoms with Crippen LogP contribution in [0.3, 0.4) is 0 Å². The molecule has 0 aromatic heterocycles. The summed E-state index contributed by atoms with van der Waals surface area (Å²) >= 11 is 0. The van der Waals surface area contributed by atoms with Gasteiger partial charge in [-0.05, 0) is 12.8 Å². The topological polar surface area (TPSA) is 228 Å². The van der Waals surface area contributed by atoms with E-state index in [4.69, 9.17) is 18.9 Å². The molecule has 464 valence electrons. The van der Waals surface area contributed by atoms with Crippen LogP contribution in [0.1, 0.15) is 309 Å².